The van der Waals surface area contributed by atoms with Crippen LogP contribution in [0.2, 0.25) is 0 Å². The number of dihydropyridines is 1. The van der Waals surface area contributed by atoms with Gasteiger partial charge in [0.1, 0.15) is 0 Å². The number of carbonyl (C=O) groups is 1. The van der Waals surface area contributed by atoms with Crippen LogP contribution in [-0.2, 0) is 4.79 Å². The molecule has 1 aliphatic heterocycles. The quantitative estimate of drug-likeness (QED) is 0.588. The molecule has 0 saturated heterocycles. The van der Waals surface area contributed by atoms with Crippen molar-refractivity contribution >= 4 is 5.97 Å². The van der Waals surface area contributed by atoms with Crippen molar-refractivity contribution in [2.24, 2.45) is 0 Å². The maximum atomic E-state index is 10.6. The van der Waals surface area contributed by atoms with Gasteiger partial charge in [0.05, 0.1) is 11.1 Å². The number of rotatable bonds is 1. The number of carboxylic acids is 1. The van der Waals surface area contributed by atoms with Gasteiger partial charge in [0, 0.05) is 0 Å². The highest BCUT2D eigenvalue weighted by Gasteiger charge is 2.27. The van der Waals surface area contributed by atoms with Crippen LogP contribution in [0.15, 0.2) is 23.9 Å². The lowest BCUT2D eigenvalue weighted by atomic mass is 9.92. The Morgan fingerprint density at radius 2 is 2.27 bits per heavy atom. The van der Waals surface area contributed by atoms with Crippen LogP contribution in [-0.4, -0.2) is 16.6 Å². The molecule has 0 spiro atoms. The number of carboxylic acid groups (broad SMARTS) is 1. The number of hydrogen-bond donors (Lipinski definition) is 2. The van der Waals surface area contributed by atoms with E-state index in [4.69, 9.17) is 5.11 Å². The fourth-order valence-corrected chi connectivity index (χ4v) is 1.03. The molecule has 1 aliphatic rings. The van der Waals surface area contributed by atoms with Crippen LogP contribution in [0.3, 0.4) is 0 Å². The summed E-state index contributed by atoms with van der Waals surface area (Å²) in [5, 5.41) is 11.7. The molecule has 0 aromatic rings. The van der Waals surface area contributed by atoms with Crippen LogP contribution in [0.1, 0.15) is 13.8 Å². The van der Waals surface area contributed by atoms with Crippen LogP contribution in [0, 0.1) is 0 Å². The molecule has 0 radical (unpaired) electrons. The summed E-state index contributed by atoms with van der Waals surface area (Å²) in [5.74, 6) is -0.869. The Morgan fingerprint density at radius 1 is 1.64 bits per heavy atom. The minimum absolute atomic E-state index is 0.389. The summed E-state index contributed by atoms with van der Waals surface area (Å²) < 4.78 is 0. The topological polar surface area (TPSA) is 49.3 Å². The Kier molecular flexibility index (Phi) is 1.72. The number of aliphatic carboxylic acids is 1. The predicted octanol–water partition coefficient (Wildman–Crippen LogP) is 0.893. The van der Waals surface area contributed by atoms with Gasteiger partial charge in [0.15, 0.2) is 0 Å². The summed E-state index contributed by atoms with van der Waals surface area (Å²) >= 11 is 0. The van der Waals surface area contributed by atoms with Gasteiger partial charge in [0.2, 0.25) is 0 Å². The average molecular weight is 153 g/mol. The first-order valence-corrected chi connectivity index (χ1v) is 3.42. The van der Waals surface area contributed by atoms with Crippen molar-refractivity contribution in [2.45, 2.75) is 19.4 Å². The lowest BCUT2D eigenvalue weighted by molar-refractivity contribution is -0.133. The zero-order chi connectivity index (χ0) is 8.48. The molecule has 0 aliphatic carbocycles. The molecule has 0 atom stereocenters. The number of allylic oxidation sites excluding steroid dienone is 2. The summed E-state index contributed by atoms with van der Waals surface area (Å²) in [7, 11) is 0. The van der Waals surface area contributed by atoms with Crippen molar-refractivity contribution < 1.29 is 9.90 Å². The molecule has 1 rings (SSSR count). The summed E-state index contributed by atoms with van der Waals surface area (Å²) in [5.41, 5.74) is -0.0689. The minimum atomic E-state index is -0.869. The molecule has 0 unspecified atom stereocenters. The first kappa shape index (κ1) is 7.85. The molecule has 11 heavy (non-hydrogen) atoms. The van der Waals surface area contributed by atoms with Crippen LogP contribution >= 0.6 is 0 Å². The van der Waals surface area contributed by atoms with E-state index in [1.54, 1.807) is 18.4 Å². The van der Waals surface area contributed by atoms with Gasteiger partial charge in [-0.15, -0.1) is 0 Å². The Bertz CT molecular complexity index is 238. The van der Waals surface area contributed by atoms with Crippen molar-refractivity contribution in [3.8, 4) is 0 Å². The summed E-state index contributed by atoms with van der Waals surface area (Å²) in [6.45, 7) is 3.66. The predicted molar refractivity (Wildman–Crippen MR) is 42.1 cm³/mol. The Hall–Kier alpha value is -1.25. The second kappa shape index (κ2) is 2.42. The first-order chi connectivity index (χ1) is 5.04. The lowest BCUT2D eigenvalue weighted by Gasteiger charge is -2.28. The van der Waals surface area contributed by atoms with Crippen LogP contribution < -0.4 is 5.32 Å². The van der Waals surface area contributed by atoms with E-state index in [0.717, 1.165) is 0 Å². The molecule has 3 heteroatoms. The summed E-state index contributed by atoms with van der Waals surface area (Å²) in [6, 6.07) is 0. The van der Waals surface area contributed by atoms with E-state index in [2.05, 4.69) is 5.32 Å². The molecule has 0 fully saturated rings. The molecule has 60 valence electrons. The van der Waals surface area contributed by atoms with Crippen molar-refractivity contribution in [1.29, 1.82) is 0 Å². The van der Waals surface area contributed by atoms with E-state index in [9.17, 15) is 4.79 Å². The van der Waals surface area contributed by atoms with Gasteiger partial charge >= 0.3 is 5.97 Å². The van der Waals surface area contributed by atoms with Gasteiger partial charge < -0.3 is 10.4 Å². The van der Waals surface area contributed by atoms with E-state index in [1.807, 2.05) is 13.8 Å². The second-order valence-electron chi connectivity index (χ2n) is 3.01. The van der Waals surface area contributed by atoms with Crippen LogP contribution in [0.5, 0.6) is 0 Å². The molecule has 0 bridgehead atoms. The van der Waals surface area contributed by atoms with Crippen LogP contribution in [0.4, 0.5) is 0 Å². The third kappa shape index (κ3) is 1.42. The summed E-state index contributed by atoms with van der Waals surface area (Å²) in [6.07, 6.45) is 5.04. The second-order valence-corrected chi connectivity index (χ2v) is 3.01. The first-order valence-electron chi connectivity index (χ1n) is 3.42. The van der Waals surface area contributed by atoms with Crippen molar-refractivity contribution in [3.05, 3.63) is 23.9 Å². The molecule has 2 N–H and O–H groups in total. The fourth-order valence-electron chi connectivity index (χ4n) is 1.03. The molecule has 0 amide bonds. The van der Waals surface area contributed by atoms with Crippen LogP contribution in [0.25, 0.3) is 0 Å². The maximum Gasteiger partial charge on any atom is 0.333 e. The van der Waals surface area contributed by atoms with E-state index >= 15 is 0 Å². The van der Waals surface area contributed by atoms with Gasteiger partial charge in [-0.3, -0.25) is 0 Å². The number of nitrogens with one attached hydrogen (secondary N) is 1. The Morgan fingerprint density at radius 3 is 2.64 bits per heavy atom. The van der Waals surface area contributed by atoms with Gasteiger partial charge in [0.25, 0.3) is 0 Å². The fraction of sp³-hybridized carbons (Fsp3) is 0.375. The van der Waals surface area contributed by atoms with Crippen molar-refractivity contribution in [2.75, 3.05) is 0 Å². The molecule has 1 heterocycles. The molecule has 0 saturated carbocycles. The summed E-state index contributed by atoms with van der Waals surface area (Å²) in [4.78, 5) is 10.6. The SMILES string of the molecule is CC1(C)NC=CC=C1C(=O)O. The van der Waals surface area contributed by atoms with Gasteiger partial charge in [-0.25, -0.2) is 4.79 Å². The highest BCUT2D eigenvalue weighted by molar-refractivity contribution is 5.89. The van der Waals surface area contributed by atoms with Gasteiger partial charge in [-0.2, -0.15) is 0 Å². The Balaban J connectivity index is 2.97. The maximum absolute atomic E-state index is 10.6. The average Bonchev–Trinajstić information content (AvgIpc) is 1.85. The largest absolute Gasteiger partial charge is 0.478 e. The highest BCUT2D eigenvalue weighted by Crippen LogP contribution is 2.18. The molecular weight excluding hydrogens is 142 g/mol. The van der Waals surface area contributed by atoms with E-state index in [-0.39, 0.29) is 0 Å². The van der Waals surface area contributed by atoms with Gasteiger partial charge in [-0.1, -0.05) is 0 Å². The third-order valence-corrected chi connectivity index (χ3v) is 1.71. The molecule has 0 aromatic heterocycles. The zero-order valence-electron chi connectivity index (χ0n) is 6.59. The van der Waals surface area contributed by atoms with Crippen molar-refractivity contribution in [3.63, 3.8) is 0 Å². The smallest absolute Gasteiger partial charge is 0.333 e. The molecular formula is C8H11NO2. The third-order valence-electron chi connectivity index (χ3n) is 1.71. The molecule has 0 aromatic carbocycles. The molecule has 3 nitrogen and oxygen atoms in total. The normalized spacial score (nSPS) is 20.4. The van der Waals surface area contributed by atoms with Gasteiger partial charge in [-0.05, 0) is 32.2 Å². The van der Waals surface area contributed by atoms with E-state index in [1.165, 1.54) is 0 Å². The minimum Gasteiger partial charge on any atom is -0.478 e. The lowest BCUT2D eigenvalue weighted by Crippen LogP contribution is -2.41. The van der Waals surface area contributed by atoms with Crippen molar-refractivity contribution in [1.82, 2.24) is 5.32 Å². The monoisotopic (exact) mass is 153 g/mol. The zero-order valence-corrected chi connectivity index (χ0v) is 6.59. The Labute approximate surface area is 65.4 Å². The van der Waals surface area contributed by atoms with E-state index in [0.29, 0.717) is 5.57 Å². The highest BCUT2D eigenvalue weighted by atomic mass is 16.4. The standard InChI is InChI=1S/C8H11NO2/c1-8(2)6(7(10)11)4-3-5-9-8/h3-5,9H,1-2H3,(H,10,11). The van der Waals surface area contributed by atoms with E-state index < -0.39 is 11.5 Å². The number of hydrogen-bond acceptors (Lipinski definition) is 2.